The van der Waals surface area contributed by atoms with Gasteiger partial charge < -0.3 is 10.1 Å². The van der Waals surface area contributed by atoms with E-state index in [0.29, 0.717) is 0 Å². The van der Waals surface area contributed by atoms with Gasteiger partial charge in [-0.3, -0.25) is 0 Å². The van der Waals surface area contributed by atoms with Crippen LogP contribution in [0.5, 0.6) is 5.75 Å². The molecule has 0 saturated carbocycles. The van der Waals surface area contributed by atoms with Gasteiger partial charge in [0, 0.05) is 11.6 Å². The number of methoxy groups -OCH3 is 1. The van der Waals surface area contributed by atoms with Gasteiger partial charge in [-0.2, -0.15) is 8.78 Å². The molecular formula is C12H14F5NO. The molecule has 0 aliphatic rings. The lowest BCUT2D eigenvalue weighted by atomic mass is 9.99. The van der Waals surface area contributed by atoms with E-state index in [1.54, 1.807) is 0 Å². The van der Waals surface area contributed by atoms with Gasteiger partial charge in [0.2, 0.25) is 0 Å². The minimum atomic E-state index is -4.37. The third-order valence-electron chi connectivity index (χ3n) is 2.60. The Hall–Kier alpha value is -1.37. The first kappa shape index (κ1) is 15.7. The van der Waals surface area contributed by atoms with Crippen LogP contribution in [0.25, 0.3) is 0 Å². The Morgan fingerprint density at radius 3 is 2.37 bits per heavy atom. The molecule has 1 aromatic rings. The summed E-state index contributed by atoms with van der Waals surface area (Å²) in [5, 5.41) is 2.19. The van der Waals surface area contributed by atoms with Crippen LogP contribution in [-0.2, 0) is 0 Å². The summed E-state index contributed by atoms with van der Waals surface area (Å²) < 4.78 is 70.1. The number of nitrogens with one attached hydrogen (secondary N) is 1. The molecule has 0 heterocycles. The van der Waals surface area contributed by atoms with Crippen LogP contribution in [0.15, 0.2) is 18.2 Å². The Labute approximate surface area is 107 Å². The predicted molar refractivity (Wildman–Crippen MR) is 60.3 cm³/mol. The van der Waals surface area contributed by atoms with E-state index in [2.05, 4.69) is 5.32 Å². The van der Waals surface area contributed by atoms with Crippen LogP contribution < -0.4 is 10.1 Å². The lowest BCUT2D eigenvalue weighted by Crippen LogP contribution is -2.43. The first-order valence-electron chi connectivity index (χ1n) is 5.57. The smallest absolute Gasteiger partial charge is 0.326 e. The van der Waals surface area contributed by atoms with E-state index >= 15 is 0 Å². The molecular weight excluding hydrogens is 269 g/mol. The first-order valence-corrected chi connectivity index (χ1v) is 5.57. The number of hydrogen-bond donors (Lipinski definition) is 1. The van der Waals surface area contributed by atoms with Gasteiger partial charge in [-0.25, -0.2) is 13.2 Å². The summed E-state index contributed by atoms with van der Waals surface area (Å²) in [5.41, 5.74) is -0.520. The molecule has 19 heavy (non-hydrogen) atoms. The zero-order chi connectivity index (χ0) is 14.6. The molecule has 0 aliphatic heterocycles. The second kappa shape index (κ2) is 6.18. The molecule has 0 amide bonds. The van der Waals surface area contributed by atoms with Crippen molar-refractivity contribution in [2.24, 2.45) is 0 Å². The second-order valence-electron chi connectivity index (χ2n) is 3.85. The molecule has 1 atom stereocenters. The molecule has 108 valence electrons. The van der Waals surface area contributed by atoms with Crippen molar-refractivity contribution in [3.05, 3.63) is 29.6 Å². The number of halogens is 5. The summed E-state index contributed by atoms with van der Waals surface area (Å²) in [5.74, 6) is -5.27. The monoisotopic (exact) mass is 283 g/mol. The van der Waals surface area contributed by atoms with Crippen LogP contribution in [0.3, 0.4) is 0 Å². The summed E-state index contributed by atoms with van der Waals surface area (Å²) in [7, 11) is 1.28. The number of ether oxygens (including phenoxy) is 1. The van der Waals surface area contributed by atoms with Gasteiger partial charge >= 0.3 is 12.3 Å². The van der Waals surface area contributed by atoms with Crippen molar-refractivity contribution in [3.63, 3.8) is 0 Å². The van der Waals surface area contributed by atoms with E-state index in [0.717, 1.165) is 12.1 Å². The maximum absolute atomic E-state index is 13.7. The molecule has 1 N–H and O–H groups in total. The van der Waals surface area contributed by atoms with Gasteiger partial charge in [0.15, 0.2) is 0 Å². The van der Waals surface area contributed by atoms with Gasteiger partial charge in [-0.05, 0) is 12.6 Å². The predicted octanol–water partition coefficient (Wildman–Crippen LogP) is 3.39. The standard InChI is InChI=1S/C12H14F5NO/c1-3-18-10(12(16,17)11(14)15)8-5-4-7(19-2)6-9(8)13/h4-6,10-11,18H,3H2,1-2H3. The largest absolute Gasteiger partial charge is 0.497 e. The van der Waals surface area contributed by atoms with Crippen molar-refractivity contribution >= 4 is 0 Å². The van der Waals surface area contributed by atoms with E-state index < -0.39 is 29.8 Å². The highest BCUT2D eigenvalue weighted by Crippen LogP contribution is 2.38. The van der Waals surface area contributed by atoms with Crippen LogP contribution in [0.4, 0.5) is 22.0 Å². The molecule has 0 aromatic heterocycles. The second-order valence-corrected chi connectivity index (χ2v) is 3.85. The maximum Gasteiger partial charge on any atom is 0.326 e. The van der Waals surface area contributed by atoms with E-state index in [1.807, 2.05) is 0 Å². The van der Waals surface area contributed by atoms with Crippen molar-refractivity contribution in [3.8, 4) is 5.75 Å². The minimum Gasteiger partial charge on any atom is -0.497 e. The third kappa shape index (κ3) is 3.34. The fraction of sp³-hybridized carbons (Fsp3) is 0.500. The van der Waals surface area contributed by atoms with Gasteiger partial charge in [0.05, 0.1) is 7.11 Å². The molecule has 0 radical (unpaired) electrons. The van der Waals surface area contributed by atoms with Crippen LogP contribution in [0, 0.1) is 5.82 Å². The Balaban J connectivity index is 3.19. The molecule has 1 unspecified atom stereocenters. The quantitative estimate of drug-likeness (QED) is 0.808. The van der Waals surface area contributed by atoms with E-state index in [1.165, 1.54) is 20.1 Å². The lowest BCUT2D eigenvalue weighted by Gasteiger charge is -2.27. The Bertz CT molecular complexity index is 425. The van der Waals surface area contributed by atoms with Crippen LogP contribution in [0.2, 0.25) is 0 Å². The van der Waals surface area contributed by atoms with Crippen LogP contribution >= 0.6 is 0 Å². The third-order valence-corrected chi connectivity index (χ3v) is 2.60. The molecule has 0 spiro atoms. The number of benzene rings is 1. The van der Waals surface area contributed by atoms with Crippen LogP contribution in [-0.4, -0.2) is 26.0 Å². The van der Waals surface area contributed by atoms with Gasteiger partial charge in [-0.15, -0.1) is 0 Å². The number of hydrogen-bond acceptors (Lipinski definition) is 2. The molecule has 1 aromatic carbocycles. The van der Waals surface area contributed by atoms with E-state index in [4.69, 9.17) is 4.74 Å². The van der Waals surface area contributed by atoms with Crippen molar-refractivity contribution in [1.29, 1.82) is 0 Å². The Kier molecular flexibility index (Phi) is 5.11. The van der Waals surface area contributed by atoms with Crippen molar-refractivity contribution in [1.82, 2.24) is 5.32 Å². The van der Waals surface area contributed by atoms with Gasteiger partial charge in [0.25, 0.3) is 0 Å². The molecule has 0 aliphatic carbocycles. The maximum atomic E-state index is 13.7. The van der Waals surface area contributed by atoms with Gasteiger partial charge in [-0.1, -0.05) is 13.0 Å². The normalized spacial score (nSPS) is 13.7. The highest BCUT2D eigenvalue weighted by molar-refractivity contribution is 5.32. The van der Waals surface area contributed by atoms with Crippen molar-refractivity contribution < 1.29 is 26.7 Å². The van der Waals surface area contributed by atoms with Crippen molar-refractivity contribution in [2.75, 3.05) is 13.7 Å². The molecule has 1 rings (SSSR count). The van der Waals surface area contributed by atoms with Crippen molar-refractivity contribution in [2.45, 2.75) is 25.3 Å². The van der Waals surface area contributed by atoms with E-state index in [-0.39, 0.29) is 12.3 Å². The first-order chi connectivity index (χ1) is 8.84. The summed E-state index contributed by atoms with van der Waals surface area (Å²) in [6.45, 7) is 1.47. The fourth-order valence-electron chi connectivity index (χ4n) is 1.65. The Morgan fingerprint density at radius 2 is 1.95 bits per heavy atom. The minimum absolute atomic E-state index is 0.00154. The number of rotatable bonds is 6. The molecule has 7 heteroatoms. The van der Waals surface area contributed by atoms with Crippen LogP contribution in [0.1, 0.15) is 18.5 Å². The molecule has 2 nitrogen and oxygen atoms in total. The highest BCUT2D eigenvalue weighted by Gasteiger charge is 2.49. The fourth-order valence-corrected chi connectivity index (χ4v) is 1.65. The summed E-state index contributed by atoms with van der Waals surface area (Å²) in [6, 6.07) is 1.03. The molecule has 0 bridgehead atoms. The zero-order valence-corrected chi connectivity index (χ0v) is 10.4. The zero-order valence-electron chi connectivity index (χ0n) is 10.4. The number of alkyl halides is 4. The van der Waals surface area contributed by atoms with E-state index in [9.17, 15) is 22.0 Å². The molecule has 0 saturated heterocycles. The molecule has 0 fully saturated rings. The average Bonchev–Trinajstić information content (AvgIpc) is 2.36. The lowest BCUT2D eigenvalue weighted by molar-refractivity contribution is -0.151. The average molecular weight is 283 g/mol. The topological polar surface area (TPSA) is 21.3 Å². The summed E-state index contributed by atoms with van der Waals surface area (Å²) in [4.78, 5) is 0. The summed E-state index contributed by atoms with van der Waals surface area (Å²) >= 11 is 0. The SMILES string of the molecule is CCNC(c1ccc(OC)cc1F)C(F)(F)C(F)F. The summed E-state index contributed by atoms with van der Waals surface area (Å²) in [6.07, 6.45) is -3.89. The Morgan fingerprint density at radius 1 is 1.32 bits per heavy atom. The van der Waals surface area contributed by atoms with Gasteiger partial charge in [0.1, 0.15) is 17.6 Å². The highest BCUT2D eigenvalue weighted by atomic mass is 19.3.